The van der Waals surface area contributed by atoms with Crippen LogP contribution in [0.15, 0.2) is 58.7 Å². The van der Waals surface area contributed by atoms with Gasteiger partial charge < -0.3 is 4.74 Å². The Kier molecular flexibility index (Phi) is 7.72. The van der Waals surface area contributed by atoms with Crippen molar-refractivity contribution in [3.05, 3.63) is 58.6 Å². The summed E-state index contributed by atoms with van der Waals surface area (Å²) in [5.41, 5.74) is 6.21. The molecule has 2 aromatic carbocycles. The van der Waals surface area contributed by atoms with E-state index in [0.717, 1.165) is 5.69 Å². The van der Waals surface area contributed by atoms with Gasteiger partial charge in [0.2, 0.25) is 0 Å². The topological polar surface area (TPSA) is 75.1 Å². The lowest BCUT2D eigenvalue weighted by molar-refractivity contribution is -0.123. The van der Waals surface area contributed by atoms with Gasteiger partial charge in [-0.15, -0.1) is 0 Å². The molecule has 2 N–H and O–H groups in total. The van der Waals surface area contributed by atoms with Gasteiger partial charge >= 0.3 is 0 Å². The maximum atomic E-state index is 11.8. The summed E-state index contributed by atoms with van der Waals surface area (Å²) >= 11 is 17.8. The number of hydrogen-bond acceptors (Lipinski definition) is 5. The average molecular weight is 414 g/mol. The molecule has 0 aromatic heterocycles. The maximum absolute atomic E-state index is 11.8. The van der Waals surface area contributed by atoms with Crippen molar-refractivity contribution in [2.45, 2.75) is 6.92 Å². The predicted molar refractivity (Wildman–Crippen MR) is 107 cm³/mol. The SMILES string of the molecule is CC(=NNC(=O)COc1ccc(Cl)cc1Cl)C(Cl)=NNc1ccccc1. The molecule has 0 saturated carbocycles. The van der Waals surface area contributed by atoms with E-state index in [0.29, 0.717) is 21.5 Å². The third kappa shape index (κ3) is 6.55. The van der Waals surface area contributed by atoms with Crippen molar-refractivity contribution in [2.24, 2.45) is 10.2 Å². The van der Waals surface area contributed by atoms with Gasteiger partial charge in [0, 0.05) is 5.02 Å². The standard InChI is InChI=1S/C17H15Cl3N4O2/c1-11(17(20)24-22-13-5-3-2-4-6-13)21-23-16(25)10-26-15-8-7-12(18)9-14(15)19/h2-9,22H,10H2,1H3,(H,23,25). The van der Waals surface area contributed by atoms with Gasteiger partial charge in [0.05, 0.1) is 16.4 Å². The minimum absolute atomic E-state index is 0.107. The van der Waals surface area contributed by atoms with Crippen LogP contribution in [-0.2, 0) is 4.79 Å². The van der Waals surface area contributed by atoms with Crippen molar-refractivity contribution in [1.29, 1.82) is 0 Å². The lowest BCUT2D eigenvalue weighted by Gasteiger charge is -2.07. The zero-order valence-corrected chi connectivity index (χ0v) is 15.9. The molecule has 0 atom stereocenters. The summed E-state index contributed by atoms with van der Waals surface area (Å²) in [6.45, 7) is 1.34. The van der Waals surface area contributed by atoms with Crippen LogP contribution in [0.25, 0.3) is 0 Å². The van der Waals surface area contributed by atoms with Gasteiger partial charge in [-0.25, -0.2) is 5.43 Å². The summed E-state index contributed by atoms with van der Waals surface area (Å²) in [6.07, 6.45) is 0. The van der Waals surface area contributed by atoms with E-state index < -0.39 is 5.91 Å². The number of hydrogen-bond donors (Lipinski definition) is 2. The molecule has 9 heteroatoms. The lowest BCUT2D eigenvalue weighted by Crippen LogP contribution is -2.26. The number of carbonyl (C=O) groups excluding carboxylic acids is 1. The molecule has 0 aliphatic carbocycles. The van der Waals surface area contributed by atoms with Crippen LogP contribution < -0.4 is 15.6 Å². The van der Waals surface area contributed by atoms with Gasteiger partial charge in [-0.05, 0) is 37.3 Å². The van der Waals surface area contributed by atoms with Crippen LogP contribution in [0.2, 0.25) is 10.0 Å². The van der Waals surface area contributed by atoms with Crippen LogP contribution in [-0.4, -0.2) is 23.4 Å². The molecule has 26 heavy (non-hydrogen) atoms. The normalized spacial score (nSPS) is 11.8. The van der Waals surface area contributed by atoms with Gasteiger partial charge in [-0.1, -0.05) is 53.0 Å². The summed E-state index contributed by atoms with van der Waals surface area (Å²) in [5.74, 6) is -0.130. The fourth-order valence-corrected chi connectivity index (χ4v) is 2.21. The molecule has 2 rings (SSSR count). The minimum atomic E-state index is -0.476. The van der Waals surface area contributed by atoms with Gasteiger partial charge in [0.15, 0.2) is 11.8 Å². The first-order valence-electron chi connectivity index (χ1n) is 7.41. The molecule has 136 valence electrons. The first-order chi connectivity index (χ1) is 12.5. The summed E-state index contributed by atoms with van der Waals surface area (Å²) in [7, 11) is 0. The number of anilines is 1. The second kappa shape index (κ2) is 10.0. The molecule has 0 spiro atoms. The molecular formula is C17H15Cl3N4O2. The van der Waals surface area contributed by atoms with E-state index in [1.807, 2.05) is 30.3 Å². The number of nitrogens with zero attached hydrogens (tertiary/aromatic N) is 2. The summed E-state index contributed by atoms with van der Waals surface area (Å²) in [5, 5.41) is 8.74. The van der Waals surface area contributed by atoms with E-state index in [1.54, 1.807) is 19.1 Å². The van der Waals surface area contributed by atoms with Crippen molar-refractivity contribution in [1.82, 2.24) is 5.43 Å². The number of benzene rings is 2. The van der Waals surface area contributed by atoms with Crippen molar-refractivity contribution < 1.29 is 9.53 Å². The Morgan fingerprint density at radius 2 is 1.85 bits per heavy atom. The van der Waals surface area contributed by atoms with Gasteiger partial charge in [-0.2, -0.15) is 10.2 Å². The predicted octanol–water partition coefficient (Wildman–Crippen LogP) is 4.53. The molecule has 0 aliphatic heterocycles. The van der Waals surface area contributed by atoms with E-state index in [-0.39, 0.29) is 11.8 Å². The van der Waals surface area contributed by atoms with Crippen molar-refractivity contribution in [3.63, 3.8) is 0 Å². The third-order valence-electron chi connectivity index (χ3n) is 2.96. The second-order valence-corrected chi connectivity index (χ2v) is 6.18. The molecule has 0 unspecified atom stereocenters. The summed E-state index contributed by atoms with van der Waals surface area (Å²) in [4.78, 5) is 11.8. The van der Waals surface area contributed by atoms with Crippen LogP contribution in [0.1, 0.15) is 6.92 Å². The third-order valence-corrected chi connectivity index (χ3v) is 3.84. The molecule has 0 aliphatic rings. The highest BCUT2D eigenvalue weighted by Gasteiger charge is 2.07. The van der Waals surface area contributed by atoms with Crippen molar-refractivity contribution in [3.8, 4) is 5.75 Å². The average Bonchev–Trinajstić information content (AvgIpc) is 2.64. The molecule has 0 bridgehead atoms. The largest absolute Gasteiger partial charge is 0.482 e. The van der Waals surface area contributed by atoms with Gasteiger partial charge in [0.25, 0.3) is 5.91 Å². The number of hydrazone groups is 2. The quantitative estimate of drug-likeness (QED) is 0.517. The molecular weight excluding hydrogens is 399 g/mol. The monoisotopic (exact) mass is 412 g/mol. The summed E-state index contributed by atoms with van der Waals surface area (Å²) in [6, 6.07) is 14.0. The Labute approximate surface area is 165 Å². The van der Waals surface area contributed by atoms with Crippen LogP contribution in [0.3, 0.4) is 0 Å². The van der Waals surface area contributed by atoms with E-state index in [2.05, 4.69) is 21.1 Å². The number of halogens is 3. The number of amides is 1. The number of carbonyl (C=O) groups is 1. The van der Waals surface area contributed by atoms with E-state index >= 15 is 0 Å². The molecule has 0 fully saturated rings. The molecule has 0 radical (unpaired) electrons. The Morgan fingerprint density at radius 3 is 2.54 bits per heavy atom. The maximum Gasteiger partial charge on any atom is 0.277 e. The van der Waals surface area contributed by atoms with Crippen LogP contribution in [0.5, 0.6) is 5.75 Å². The van der Waals surface area contributed by atoms with Crippen LogP contribution in [0, 0.1) is 0 Å². The molecule has 0 heterocycles. The lowest BCUT2D eigenvalue weighted by atomic mass is 10.3. The van der Waals surface area contributed by atoms with Gasteiger partial charge in [0.1, 0.15) is 5.75 Å². The Morgan fingerprint density at radius 1 is 1.12 bits per heavy atom. The molecule has 0 saturated heterocycles. The van der Waals surface area contributed by atoms with Crippen LogP contribution in [0.4, 0.5) is 5.69 Å². The Hall–Kier alpha value is -2.28. The fraction of sp³-hybridized carbons (Fsp3) is 0.118. The minimum Gasteiger partial charge on any atom is -0.482 e. The number of nitrogens with one attached hydrogen (secondary N) is 2. The first kappa shape index (κ1) is 20.0. The fourth-order valence-electron chi connectivity index (χ4n) is 1.67. The second-order valence-electron chi connectivity index (χ2n) is 4.98. The highest BCUT2D eigenvalue weighted by atomic mass is 35.5. The zero-order chi connectivity index (χ0) is 18.9. The van der Waals surface area contributed by atoms with E-state index in [9.17, 15) is 4.79 Å². The first-order valence-corrected chi connectivity index (χ1v) is 8.54. The van der Waals surface area contributed by atoms with Gasteiger partial charge in [-0.3, -0.25) is 10.2 Å². The summed E-state index contributed by atoms with van der Waals surface area (Å²) < 4.78 is 5.30. The number of para-hydroxylation sites is 1. The zero-order valence-electron chi connectivity index (χ0n) is 13.7. The van der Waals surface area contributed by atoms with Crippen molar-refractivity contribution in [2.75, 3.05) is 12.0 Å². The molecule has 1 amide bonds. The smallest absolute Gasteiger partial charge is 0.277 e. The Bertz CT molecular complexity index is 826. The van der Waals surface area contributed by atoms with E-state index in [1.165, 1.54) is 6.07 Å². The molecule has 6 nitrogen and oxygen atoms in total. The highest BCUT2D eigenvalue weighted by Crippen LogP contribution is 2.27. The number of rotatable bonds is 7. The van der Waals surface area contributed by atoms with Crippen molar-refractivity contribution >= 4 is 57.3 Å². The highest BCUT2D eigenvalue weighted by molar-refractivity contribution is 6.83. The Balaban J connectivity index is 1.84. The van der Waals surface area contributed by atoms with Crippen LogP contribution >= 0.6 is 34.8 Å². The number of ether oxygens (including phenoxy) is 1. The molecule has 2 aromatic rings. The van der Waals surface area contributed by atoms with E-state index in [4.69, 9.17) is 39.5 Å².